The minimum atomic E-state index is -1.81. The Bertz CT molecular complexity index is 801. The first-order valence-electron chi connectivity index (χ1n) is 8.04. The van der Waals surface area contributed by atoms with Crippen LogP contribution in [-0.4, -0.2) is 38.8 Å². The number of nitro groups is 1. The SMILES string of the molecule is CC1C(C(=O)O)=CC=C[C@]1(C(=O)O)c1ccc(I)cc1[N+](=O)[O-].CCCO. The van der Waals surface area contributed by atoms with Crippen molar-refractivity contribution in [2.45, 2.75) is 25.7 Å². The van der Waals surface area contributed by atoms with E-state index in [1.54, 1.807) is 6.07 Å². The predicted molar refractivity (Wildman–Crippen MR) is 107 cm³/mol. The fourth-order valence-electron chi connectivity index (χ4n) is 2.79. The molecule has 27 heavy (non-hydrogen) atoms. The predicted octanol–water partition coefficient (Wildman–Crippen LogP) is 3.13. The maximum Gasteiger partial charge on any atom is 0.331 e. The Balaban J connectivity index is 0.000000828. The second-order valence-corrected chi connectivity index (χ2v) is 7.07. The maximum atomic E-state index is 12.0. The summed E-state index contributed by atoms with van der Waals surface area (Å²) in [4.78, 5) is 34.1. The van der Waals surface area contributed by atoms with Crippen LogP contribution in [0.1, 0.15) is 25.8 Å². The van der Waals surface area contributed by atoms with Crippen LogP contribution in [0.2, 0.25) is 0 Å². The van der Waals surface area contributed by atoms with Crippen molar-refractivity contribution in [1.29, 1.82) is 0 Å². The van der Waals surface area contributed by atoms with E-state index in [2.05, 4.69) is 0 Å². The van der Waals surface area contributed by atoms with Gasteiger partial charge >= 0.3 is 11.9 Å². The third-order valence-electron chi connectivity index (χ3n) is 4.21. The van der Waals surface area contributed by atoms with Crippen molar-refractivity contribution < 1.29 is 29.8 Å². The summed E-state index contributed by atoms with van der Waals surface area (Å²) < 4.78 is 0.583. The Kier molecular flexibility index (Phi) is 8.10. The van der Waals surface area contributed by atoms with Gasteiger partial charge < -0.3 is 15.3 Å². The number of rotatable bonds is 5. The van der Waals surface area contributed by atoms with E-state index in [4.69, 9.17) is 5.11 Å². The highest BCUT2D eigenvalue weighted by molar-refractivity contribution is 14.1. The van der Waals surface area contributed by atoms with Gasteiger partial charge in [0.25, 0.3) is 5.69 Å². The van der Waals surface area contributed by atoms with Crippen molar-refractivity contribution in [2.75, 3.05) is 6.61 Å². The Labute approximate surface area is 169 Å². The number of nitrogens with zero attached hydrogens (tertiary/aromatic N) is 1. The van der Waals surface area contributed by atoms with Crippen molar-refractivity contribution in [3.63, 3.8) is 0 Å². The number of hydrogen-bond donors (Lipinski definition) is 3. The summed E-state index contributed by atoms with van der Waals surface area (Å²) in [7, 11) is 0. The van der Waals surface area contributed by atoms with Gasteiger partial charge in [-0.25, -0.2) is 4.79 Å². The number of carboxylic acid groups (broad SMARTS) is 2. The van der Waals surface area contributed by atoms with Crippen molar-refractivity contribution >= 4 is 40.2 Å². The maximum absolute atomic E-state index is 12.0. The van der Waals surface area contributed by atoms with Crippen molar-refractivity contribution in [2.24, 2.45) is 5.92 Å². The molecule has 0 saturated carbocycles. The molecule has 9 heteroatoms. The quantitative estimate of drug-likeness (QED) is 0.328. The Hall–Kier alpha value is -2.27. The Morgan fingerprint density at radius 1 is 1.33 bits per heavy atom. The first-order chi connectivity index (χ1) is 12.6. The lowest BCUT2D eigenvalue weighted by molar-refractivity contribution is -0.386. The van der Waals surface area contributed by atoms with Crippen molar-refractivity contribution in [3.8, 4) is 0 Å². The number of halogens is 1. The van der Waals surface area contributed by atoms with Crippen LogP contribution in [0.25, 0.3) is 0 Å². The number of aliphatic carboxylic acids is 2. The van der Waals surface area contributed by atoms with Gasteiger partial charge in [-0.05, 0) is 41.1 Å². The summed E-state index contributed by atoms with van der Waals surface area (Å²) in [6.45, 7) is 3.69. The summed E-state index contributed by atoms with van der Waals surface area (Å²) >= 11 is 1.89. The zero-order chi connectivity index (χ0) is 20.8. The number of carbonyl (C=O) groups is 2. The fourth-order valence-corrected chi connectivity index (χ4v) is 3.27. The van der Waals surface area contributed by atoms with Gasteiger partial charge in [0.1, 0.15) is 5.41 Å². The van der Waals surface area contributed by atoms with E-state index < -0.39 is 28.2 Å². The molecule has 0 bridgehead atoms. The van der Waals surface area contributed by atoms with Gasteiger partial charge in [-0.15, -0.1) is 0 Å². The van der Waals surface area contributed by atoms with Gasteiger partial charge in [-0.1, -0.05) is 32.1 Å². The van der Waals surface area contributed by atoms with Gasteiger partial charge in [-0.3, -0.25) is 14.9 Å². The number of benzene rings is 1. The molecule has 0 aromatic heterocycles. The zero-order valence-corrected chi connectivity index (χ0v) is 16.9. The molecule has 3 N–H and O–H groups in total. The number of hydrogen-bond acceptors (Lipinski definition) is 5. The van der Waals surface area contributed by atoms with Crippen LogP contribution in [0.4, 0.5) is 5.69 Å². The zero-order valence-electron chi connectivity index (χ0n) is 14.8. The first kappa shape index (κ1) is 22.8. The molecule has 2 atom stereocenters. The second-order valence-electron chi connectivity index (χ2n) is 5.82. The highest BCUT2D eigenvalue weighted by Crippen LogP contribution is 2.44. The van der Waals surface area contributed by atoms with Gasteiger partial charge in [0, 0.05) is 27.7 Å². The molecule has 0 aliphatic heterocycles. The molecule has 0 fully saturated rings. The first-order valence-corrected chi connectivity index (χ1v) is 9.12. The van der Waals surface area contributed by atoms with E-state index in [9.17, 15) is 29.9 Å². The number of allylic oxidation sites excluding steroid dienone is 2. The van der Waals surface area contributed by atoms with Crippen LogP contribution in [0, 0.1) is 19.6 Å². The Morgan fingerprint density at radius 2 is 1.93 bits per heavy atom. The normalized spacial score (nSPS) is 20.9. The van der Waals surface area contributed by atoms with Gasteiger partial charge in [-0.2, -0.15) is 0 Å². The van der Waals surface area contributed by atoms with Crippen LogP contribution in [0.5, 0.6) is 0 Å². The summed E-state index contributed by atoms with van der Waals surface area (Å²) in [5, 5.41) is 38.3. The number of aliphatic hydroxyl groups is 1. The van der Waals surface area contributed by atoms with Crippen LogP contribution < -0.4 is 0 Å². The van der Waals surface area contributed by atoms with Gasteiger partial charge in [0.05, 0.1) is 10.5 Å². The standard InChI is InChI=1S/C15H12INO6.C3H8O/c1-8-10(13(18)19)3-2-6-15(8,14(20)21)11-5-4-9(16)7-12(11)17(22)23;1-2-3-4/h2-8H,1H3,(H,18,19)(H,20,21);4H,2-3H2,1H3/t8?,15-;/m1./s1. The molecule has 8 nitrogen and oxygen atoms in total. The molecule has 1 unspecified atom stereocenters. The molecule has 146 valence electrons. The van der Waals surface area contributed by atoms with Crippen LogP contribution >= 0.6 is 22.6 Å². The fraction of sp³-hybridized carbons (Fsp3) is 0.333. The third kappa shape index (κ3) is 4.72. The molecule has 0 heterocycles. The van der Waals surface area contributed by atoms with Crippen LogP contribution in [0.15, 0.2) is 42.0 Å². The number of aliphatic hydroxyl groups excluding tert-OH is 1. The van der Waals surface area contributed by atoms with E-state index in [0.717, 1.165) is 6.42 Å². The molecule has 0 saturated heterocycles. The summed E-state index contributed by atoms with van der Waals surface area (Å²) in [5.74, 6) is -3.56. The van der Waals surface area contributed by atoms with Crippen LogP contribution in [-0.2, 0) is 15.0 Å². The summed E-state index contributed by atoms with van der Waals surface area (Å²) in [6, 6.07) is 4.21. The van der Waals surface area contributed by atoms with Crippen LogP contribution in [0.3, 0.4) is 0 Å². The molecule has 1 aliphatic carbocycles. The lowest BCUT2D eigenvalue weighted by Gasteiger charge is -2.35. The molecule has 0 radical (unpaired) electrons. The monoisotopic (exact) mass is 489 g/mol. The topological polar surface area (TPSA) is 138 Å². The molecule has 0 amide bonds. The molecular formula is C18H20INO7. The molecule has 0 spiro atoms. The molecule has 1 aromatic rings. The minimum absolute atomic E-state index is 0.0361. The highest BCUT2D eigenvalue weighted by atomic mass is 127. The van der Waals surface area contributed by atoms with E-state index in [-0.39, 0.29) is 16.8 Å². The third-order valence-corrected chi connectivity index (χ3v) is 4.88. The molecule has 1 aromatic carbocycles. The molecule has 2 rings (SSSR count). The van der Waals surface area contributed by atoms with E-state index >= 15 is 0 Å². The van der Waals surface area contributed by atoms with E-state index in [1.807, 2.05) is 29.5 Å². The minimum Gasteiger partial charge on any atom is -0.480 e. The number of nitro benzene ring substituents is 1. The lowest BCUT2D eigenvalue weighted by Crippen LogP contribution is -2.44. The lowest BCUT2D eigenvalue weighted by atomic mass is 9.65. The average Bonchev–Trinajstić information content (AvgIpc) is 2.61. The summed E-state index contributed by atoms with van der Waals surface area (Å²) in [5.41, 5.74) is -2.30. The average molecular weight is 489 g/mol. The smallest absolute Gasteiger partial charge is 0.331 e. The Morgan fingerprint density at radius 3 is 2.37 bits per heavy atom. The number of carboxylic acids is 2. The van der Waals surface area contributed by atoms with Gasteiger partial charge in [0.2, 0.25) is 0 Å². The van der Waals surface area contributed by atoms with Crippen molar-refractivity contribution in [3.05, 3.63) is 61.2 Å². The van der Waals surface area contributed by atoms with E-state index in [1.165, 1.54) is 37.3 Å². The molecular weight excluding hydrogens is 469 g/mol. The molecule has 1 aliphatic rings. The van der Waals surface area contributed by atoms with Crippen molar-refractivity contribution in [1.82, 2.24) is 0 Å². The highest BCUT2D eigenvalue weighted by Gasteiger charge is 2.50. The van der Waals surface area contributed by atoms with E-state index in [0.29, 0.717) is 10.2 Å². The summed E-state index contributed by atoms with van der Waals surface area (Å²) in [6.07, 6.45) is 4.81. The largest absolute Gasteiger partial charge is 0.480 e. The van der Waals surface area contributed by atoms with Gasteiger partial charge in [0.15, 0.2) is 0 Å². The second kappa shape index (κ2) is 9.60.